The Morgan fingerprint density at radius 1 is 1.24 bits per heavy atom. The summed E-state index contributed by atoms with van der Waals surface area (Å²) >= 11 is 0. The fourth-order valence-corrected chi connectivity index (χ4v) is 2.39. The lowest BCUT2D eigenvalue weighted by Crippen LogP contribution is -2.51. The molecule has 1 aliphatic rings. The van der Waals surface area contributed by atoms with Crippen LogP contribution in [0.25, 0.3) is 0 Å². The molecule has 1 fully saturated rings. The Morgan fingerprint density at radius 2 is 1.86 bits per heavy atom. The number of nitrogen functional groups attached to an aromatic ring is 1. The first kappa shape index (κ1) is 15.6. The van der Waals surface area contributed by atoms with E-state index in [0.717, 1.165) is 5.56 Å². The van der Waals surface area contributed by atoms with Crippen molar-refractivity contribution >= 4 is 11.6 Å². The van der Waals surface area contributed by atoms with Gasteiger partial charge in [0.15, 0.2) is 0 Å². The molecule has 0 atom stereocenters. The molecule has 4 nitrogen and oxygen atoms in total. The van der Waals surface area contributed by atoms with E-state index in [2.05, 4.69) is 0 Å². The van der Waals surface area contributed by atoms with Gasteiger partial charge in [0, 0.05) is 31.9 Å². The van der Waals surface area contributed by atoms with Crippen LogP contribution in [0.15, 0.2) is 18.2 Å². The maximum absolute atomic E-state index is 12.4. The number of amides is 1. The summed E-state index contributed by atoms with van der Waals surface area (Å²) in [7, 11) is 0. The third-order valence-electron chi connectivity index (χ3n) is 3.50. The fraction of sp³-hybridized carbons (Fsp3) is 0.500. The van der Waals surface area contributed by atoms with E-state index in [9.17, 15) is 18.0 Å². The first-order valence-corrected chi connectivity index (χ1v) is 6.71. The largest absolute Gasteiger partial charge is 0.401 e. The van der Waals surface area contributed by atoms with Gasteiger partial charge in [-0.2, -0.15) is 13.2 Å². The second-order valence-corrected chi connectivity index (χ2v) is 5.27. The second kappa shape index (κ2) is 5.93. The topological polar surface area (TPSA) is 49.6 Å². The third kappa shape index (κ3) is 4.10. The molecular weight excluding hydrogens is 283 g/mol. The van der Waals surface area contributed by atoms with Crippen LogP contribution in [-0.2, 0) is 0 Å². The minimum Gasteiger partial charge on any atom is -0.398 e. The summed E-state index contributed by atoms with van der Waals surface area (Å²) in [6.07, 6.45) is -4.20. The van der Waals surface area contributed by atoms with Crippen LogP contribution in [0.4, 0.5) is 18.9 Å². The highest BCUT2D eigenvalue weighted by atomic mass is 19.4. The Morgan fingerprint density at radius 3 is 2.43 bits per heavy atom. The number of carbonyl (C=O) groups is 1. The van der Waals surface area contributed by atoms with Crippen LogP contribution in [0.2, 0.25) is 0 Å². The maximum Gasteiger partial charge on any atom is 0.401 e. The van der Waals surface area contributed by atoms with Crippen molar-refractivity contribution in [3.8, 4) is 0 Å². The molecule has 2 N–H and O–H groups in total. The van der Waals surface area contributed by atoms with E-state index in [4.69, 9.17) is 5.73 Å². The van der Waals surface area contributed by atoms with Gasteiger partial charge in [-0.05, 0) is 19.1 Å². The monoisotopic (exact) mass is 301 g/mol. The number of nitrogens with zero attached hydrogens (tertiary/aromatic N) is 2. The number of halogens is 3. The number of aryl methyl sites for hydroxylation is 1. The van der Waals surface area contributed by atoms with E-state index in [1.807, 2.05) is 13.0 Å². The van der Waals surface area contributed by atoms with Crippen LogP contribution in [0.5, 0.6) is 0 Å². The van der Waals surface area contributed by atoms with Crippen molar-refractivity contribution in [2.24, 2.45) is 0 Å². The molecule has 0 unspecified atom stereocenters. The highest BCUT2D eigenvalue weighted by Gasteiger charge is 2.33. The number of benzene rings is 1. The van der Waals surface area contributed by atoms with Crippen LogP contribution in [0, 0.1) is 6.92 Å². The summed E-state index contributed by atoms with van der Waals surface area (Å²) in [5.41, 5.74) is 7.53. The van der Waals surface area contributed by atoms with Crippen molar-refractivity contribution in [1.29, 1.82) is 0 Å². The summed E-state index contributed by atoms with van der Waals surface area (Å²) in [6.45, 7) is 1.93. The number of alkyl halides is 3. The van der Waals surface area contributed by atoms with Crippen molar-refractivity contribution in [1.82, 2.24) is 9.80 Å². The van der Waals surface area contributed by atoms with Gasteiger partial charge in [0.1, 0.15) is 0 Å². The lowest BCUT2D eigenvalue weighted by Gasteiger charge is -2.35. The Hall–Kier alpha value is -1.76. The zero-order valence-electron chi connectivity index (χ0n) is 11.8. The lowest BCUT2D eigenvalue weighted by atomic mass is 10.1. The van der Waals surface area contributed by atoms with Gasteiger partial charge in [-0.25, -0.2) is 0 Å². The van der Waals surface area contributed by atoms with E-state index in [-0.39, 0.29) is 32.1 Å². The number of carbonyl (C=O) groups excluding carboxylic acids is 1. The van der Waals surface area contributed by atoms with Crippen LogP contribution >= 0.6 is 0 Å². The lowest BCUT2D eigenvalue weighted by molar-refractivity contribution is -0.148. The van der Waals surface area contributed by atoms with E-state index in [1.54, 1.807) is 17.0 Å². The average Bonchev–Trinajstić information content (AvgIpc) is 2.40. The van der Waals surface area contributed by atoms with Crippen molar-refractivity contribution < 1.29 is 18.0 Å². The molecule has 1 heterocycles. The zero-order chi connectivity index (χ0) is 15.6. The molecule has 0 radical (unpaired) electrons. The molecule has 116 valence electrons. The van der Waals surface area contributed by atoms with Gasteiger partial charge in [-0.1, -0.05) is 11.6 Å². The molecule has 0 bridgehead atoms. The molecule has 1 amide bonds. The predicted molar refractivity (Wildman–Crippen MR) is 74.0 cm³/mol. The number of hydrogen-bond donors (Lipinski definition) is 1. The third-order valence-corrected chi connectivity index (χ3v) is 3.50. The molecule has 21 heavy (non-hydrogen) atoms. The number of nitrogens with two attached hydrogens (primary N) is 1. The summed E-state index contributed by atoms with van der Waals surface area (Å²) < 4.78 is 37.0. The highest BCUT2D eigenvalue weighted by molar-refractivity contribution is 5.99. The quantitative estimate of drug-likeness (QED) is 0.849. The summed E-state index contributed by atoms with van der Waals surface area (Å²) in [5, 5.41) is 0. The molecular formula is C14H18F3N3O. The van der Waals surface area contributed by atoms with E-state index >= 15 is 0 Å². The summed E-state index contributed by atoms with van der Waals surface area (Å²) in [4.78, 5) is 15.2. The van der Waals surface area contributed by atoms with Gasteiger partial charge in [0.2, 0.25) is 0 Å². The average molecular weight is 301 g/mol. The standard InChI is InChI=1S/C14H18F3N3O/c1-10-2-3-12(18)11(8-10)13(21)20-6-4-19(5-7-20)9-14(15,16)17/h2-3,8H,4-7,9,18H2,1H3. The van der Waals surface area contributed by atoms with Crippen LogP contribution < -0.4 is 5.73 Å². The van der Waals surface area contributed by atoms with E-state index in [1.165, 1.54) is 4.90 Å². The first-order chi connectivity index (χ1) is 9.76. The van der Waals surface area contributed by atoms with Crippen LogP contribution in [0.1, 0.15) is 15.9 Å². The SMILES string of the molecule is Cc1ccc(N)c(C(=O)N2CCN(CC(F)(F)F)CC2)c1. The Balaban J connectivity index is 1.99. The molecule has 1 aromatic carbocycles. The number of anilines is 1. The first-order valence-electron chi connectivity index (χ1n) is 6.71. The Labute approximate surface area is 121 Å². The van der Waals surface area contributed by atoms with Gasteiger partial charge in [0.25, 0.3) is 5.91 Å². The summed E-state index contributed by atoms with van der Waals surface area (Å²) in [6, 6.07) is 5.19. The molecule has 2 rings (SSSR count). The van der Waals surface area contributed by atoms with Gasteiger partial charge >= 0.3 is 6.18 Å². The second-order valence-electron chi connectivity index (χ2n) is 5.27. The smallest absolute Gasteiger partial charge is 0.398 e. The Bertz CT molecular complexity index is 523. The van der Waals surface area contributed by atoms with Crippen molar-refractivity contribution in [2.75, 3.05) is 38.5 Å². The number of rotatable bonds is 2. The number of hydrogen-bond acceptors (Lipinski definition) is 3. The van der Waals surface area contributed by atoms with Crippen molar-refractivity contribution in [3.63, 3.8) is 0 Å². The minimum absolute atomic E-state index is 0.219. The highest BCUT2D eigenvalue weighted by Crippen LogP contribution is 2.20. The fourth-order valence-electron chi connectivity index (χ4n) is 2.39. The van der Waals surface area contributed by atoms with Gasteiger partial charge < -0.3 is 10.6 Å². The summed E-state index contributed by atoms with van der Waals surface area (Å²) in [5.74, 6) is -0.220. The van der Waals surface area contributed by atoms with Crippen molar-refractivity contribution in [2.45, 2.75) is 13.1 Å². The molecule has 0 spiro atoms. The molecule has 0 saturated carbocycles. The Kier molecular flexibility index (Phi) is 4.41. The maximum atomic E-state index is 12.4. The predicted octanol–water partition coefficient (Wildman–Crippen LogP) is 1.90. The normalized spacial score (nSPS) is 17.0. The van der Waals surface area contributed by atoms with Gasteiger partial charge in [0.05, 0.1) is 12.1 Å². The van der Waals surface area contributed by atoms with Gasteiger partial charge in [-0.3, -0.25) is 9.69 Å². The van der Waals surface area contributed by atoms with E-state index in [0.29, 0.717) is 11.3 Å². The van der Waals surface area contributed by atoms with Crippen LogP contribution in [-0.4, -0.2) is 54.6 Å². The molecule has 0 aliphatic carbocycles. The van der Waals surface area contributed by atoms with Gasteiger partial charge in [-0.15, -0.1) is 0 Å². The van der Waals surface area contributed by atoms with Crippen molar-refractivity contribution in [3.05, 3.63) is 29.3 Å². The molecule has 1 aromatic rings. The zero-order valence-corrected chi connectivity index (χ0v) is 11.8. The minimum atomic E-state index is -4.20. The number of piperazine rings is 1. The molecule has 1 saturated heterocycles. The molecule has 1 aliphatic heterocycles. The van der Waals surface area contributed by atoms with Crippen LogP contribution in [0.3, 0.4) is 0 Å². The molecule has 0 aromatic heterocycles. The molecule has 7 heteroatoms. The van der Waals surface area contributed by atoms with E-state index < -0.39 is 12.7 Å².